The van der Waals surface area contributed by atoms with E-state index in [9.17, 15) is 0 Å². The molecule has 0 spiro atoms. The summed E-state index contributed by atoms with van der Waals surface area (Å²) < 4.78 is 0. The molecule has 0 unspecified atom stereocenters. The fraction of sp³-hybridized carbons (Fsp3) is 0.0909. The van der Waals surface area contributed by atoms with Gasteiger partial charge < -0.3 is 11.5 Å². The Morgan fingerprint density at radius 2 is 1.93 bits per heavy atom. The van der Waals surface area contributed by atoms with Crippen LogP contribution in [0.3, 0.4) is 0 Å². The van der Waals surface area contributed by atoms with Crippen LogP contribution in [-0.2, 0) is 0 Å². The maximum atomic E-state index is 5.16. The van der Waals surface area contributed by atoms with Crippen LogP contribution >= 0.6 is 0 Å². The van der Waals surface area contributed by atoms with E-state index in [-0.39, 0.29) is 5.96 Å². The highest BCUT2D eigenvalue weighted by Crippen LogP contribution is 2.03. The SMILES string of the molecule is C/C(C=[NH+]N=C(N)N)=C/c1ccccc1. The summed E-state index contributed by atoms with van der Waals surface area (Å²) in [6, 6.07) is 10.0. The van der Waals surface area contributed by atoms with Gasteiger partial charge in [-0.3, -0.25) is 0 Å². The van der Waals surface area contributed by atoms with E-state index < -0.39 is 0 Å². The molecule has 78 valence electrons. The summed E-state index contributed by atoms with van der Waals surface area (Å²) in [5.74, 6) is 0.0127. The van der Waals surface area contributed by atoms with Gasteiger partial charge in [-0.15, -0.1) is 5.10 Å². The number of nitrogens with one attached hydrogen (secondary N) is 1. The first kappa shape index (κ1) is 11.0. The molecule has 0 fully saturated rings. The molecule has 0 aliphatic heterocycles. The van der Waals surface area contributed by atoms with Gasteiger partial charge >= 0.3 is 0 Å². The molecular weight excluding hydrogens is 188 g/mol. The molecule has 0 aliphatic carbocycles. The van der Waals surface area contributed by atoms with Gasteiger partial charge in [0.25, 0.3) is 5.96 Å². The molecule has 0 atom stereocenters. The molecule has 0 radical (unpaired) electrons. The fourth-order valence-corrected chi connectivity index (χ4v) is 1.06. The van der Waals surface area contributed by atoms with Crippen molar-refractivity contribution in [3.8, 4) is 0 Å². The van der Waals surface area contributed by atoms with Gasteiger partial charge in [0, 0.05) is 10.7 Å². The molecule has 0 saturated carbocycles. The molecule has 1 aromatic rings. The molecule has 4 heteroatoms. The largest absolute Gasteiger partial charge is 0.365 e. The molecular formula is C11H15N4+. The average Bonchev–Trinajstić information content (AvgIpc) is 2.18. The van der Waals surface area contributed by atoms with E-state index in [4.69, 9.17) is 11.5 Å². The van der Waals surface area contributed by atoms with Crippen LogP contribution in [0.25, 0.3) is 6.08 Å². The van der Waals surface area contributed by atoms with E-state index in [0.717, 1.165) is 11.1 Å². The topological polar surface area (TPSA) is 78.4 Å². The first-order valence-electron chi connectivity index (χ1n) is 4.59. The maximum Gasteiger partial charge on any atom is 0.256 e. The third kappa shape index (κ3) is 4.61. The van der Waals surface area contributed by atoms with Crippen LogP contribution in [0.5, 0.6) is 0 Å². The second-order valence-corrected chi connectivity index (χ2v) is 3.11. The molecule has 0 aliphatic rings. The van der Waals surface area contributed by atoms with Gasteiger partial charge in [-0.2, -0.15) is 0 Å². The normalized spacial score (nSPS) is 11.7. The van der Waals surface area contributed by atoms with Crippen LogP contribution in [0.2, 0.25) is 0 Å². The second-order valence-electron chi connectivity index (χ2n) is 3.11. The number of rotatable bonds is 3. The summed E-state index contributed by atoms with van der Waals surface area (Å²) in [5, 5.41) is 6.28. The Balaban J connectivity index is 2.69. The summed E-state index contributed by atoms with van der Waals surface area (Å²) >= 11 is 0. The molecule has 1 rings (SSSR count). The number of nitrogens with zero attached hydrogens (tertiary/aromatic N) is 1. The Labute approximate surface area is 89.0 Å². The minimum absolute atomic E-state index is 0.0127. The molecule has 5 N–H and O–H groups in total. The zero-order chi connectivity index (χ0) is 11.1. The minimum atomic E-state index is 0.0127. The Bertz CT molecular complexity index is 386. The van der Waals surface area contributed by atoms with Gasteiger partial charge in [0.1, 0.15) is 0 Å². The summed E-state index contributed by atoms with van der Waals surface area (Å²) in [5.41, 5.74) is 12.5. The third-order valence-corrected chi connectivity index (χ3v) is 1.68. The number of benzene rings is 1. The number of nitrogens with two attached hydrogens (primary N) is 2. The quantitative estimate of drug-likeness (QED) is 0.349. The van der Waals surface area contributed by atoms with Crippen molar-refractivity contribution < 1.29 is 5.10 Å². The van der Waals surface area contributed by atoms with Crippen molar-refractivity contribution in [3.63, 3.8) is 0 Å². The predicted molar refractivity (Wildman–Crippen MR) is 62.9 cm³/mol. The van der Waals surface area contributed by atoms with E-state index in [2.05, 4.69) is 10.2 Å². The van der Waals surface area contributed by atoms with Gasteiger partial charge in [-0.05, 0) is 18.6 Å². The summed E-state index contributed by atoms with van der Waals surface area (Å²) in [6.45, 7) is 1.96. The van der Waals surface area contributed by atoms with E-state index >= 15 is 0 Å². The van der Waals surface area contributed by atoms with Gasteiger partial charge in [-0.1, -0.05) is 30.3 Å². The van der Waals surface area contributed by atoms with Gasteiger partial charge in [0.05, 0.1) is 0 Å². The fourth-order valence-electron chi connectivity index (χ4n) is 1.06. The number of allylic oxidation sites excluding steroid dienone is 1. The van der Waals surface area contributed by atoms with Crippen molar-refractivity contribution in [1.82, 2.24) is 0 Å². The smallest absolute Gasteiger partial charge is 0.256 e. The van der Waals surface area contributed by atoms with Crippen molar-refractivity contribution in [1.29, 1.82) is 0 Å². The number of hydrogen-bond acceptors (Lipinski definition) is 1. The lowest BCUT2D eigenvalue weighted by atomic mass is 10.1. The molecule has 0 aromatic heterocycles. The first-order valence-corrected chi connectivity index (χ1v) is 4.59. The minimum Gasteiger partial charge on any atom is -0.365 e. The zero-order valence-electron chi connectivity index (χ0n) is 8.64. The van der Waals surface area contributed by atoms with E-state index in [1.165, 1.54) is 0 Å². The lowest BCUT2D eigenvalue weighted by Gasteiger charge is -1.91. The van der Waals surface area contributed by atoms with Crippen LogP contribution in [0.4, 0.5) is 0 Å². The lowest BCUT2D eigenvalue weighted by Crippen LogP contribution is -2.63. The average molecular weight is 203 g/mol. The highest BCUT2D eigenvalue weighted by atomic mass is 15.3. The second kappa shape index (κ2) is 5.59. The Kier molecular flexibility index (Phi) is 4.09. The highest BCUT2D eigenvalue weighted by Gasteiger charge is 1.90. The van der Waals surface area contributed by atoms with Crippen LogP contribution in [-0.4, -0.2) is 12.2 Å². The Morgan fingerprint density at radius 3 is 2.53 bits per heavy atom. The number of guanidine groups is 1. The maximum absolute atomic E-state index is 5.16. The van der Waals surface area contributed by atoms with Crippen molar-refractivity contribution in [2.45, 2.75) is 6.92 Å². The van der Waals surface area contributed by atoms with Gasteiger partial charge in [-0.25, -0.2) is 0 Å². The van der Waals surface area contributed by atoms with Crippen LogP contribution in [0.1, 0.15) is 12.5 Å². The molecule has 0 bridgehead atoms. The van der Waals surface area contributed by atoms with Crippen molar-refractivity contribution in [2.24, 2.45) is 16.6 Å². The van der Waals surface area contributed by atoms with E-state index in [0.29, 0.717) is 0 Å². The van der Waals surface area contributed by atoms with Gasteiger partial charge in [0.2, 0.25) is 0 Å². The van der Waals surface area contributed by atoms with E-state index in [1.54, 1.807) is 6.21 Å². The number of hydrogen-bond donors (Lipinski definition) is 3. The Morgan fingerprint density at radius 1 is 1.27 bits per heavy atom. The highest BCUT2D eigenvalue weighted by molar-refractivity contribution is 5.81. The van der Waals surface area contributed by atoms with Crippen molar-refractivity contribution in [3.05, 3.63) is 41.5 Å². The zero-order valence-corrected chi connectivity index (χ0v) is 8.64. The van der Waals surface area contributed by atoms with Crippen LogP contribution in [0.15, 0.2) is 41.0 Å². The standard InChI is InChI=1S/C11H14N4/c1-9(8-14-15-11(12)13)7-10-5-3-2-4-6-10/h2-8H,1H3,(H4,12,13,15)/p+1/b9-7-,14-8?. The Hall–Kier alpha value is -2.10. The van der Waals surface area contributed by atoms with Gasteiger partial charge in [0.15, 0.2) is 6.21 Å². The van der Waals surface area contributed by atoms with Crippen LogP contribution in [0, 0.1) is 0 Å². The molecule has 4 nitrogen and oxygen atoms in total. The van der Waals surface area contributed by atoms with Crippen molar-refractivity contribution in [2.75, 3.05) is 0 Å². The monoisotopic (exact) mass is 203 g/mol. The lowest BCUT2D eigenvalue weighted by molar-refractivity contribution is -0.456. The molecule has 15 heavy (non-hydrogen) atoms. The third-order valence-electron chi connectivity index (χ3n) is 1.68. The molecule has 0 amide bonds. The number of hydrazone groups is 1. The molecule has 1 aromatic carbocycles. The molecule has 0 saturated heterocycles. The first-order chi connectivity index (χ1) is 7.18. The predicted octanol–water partition coefficient (Wildman–Crippen LogP) is -0.570. The van der Waals surface area contributed by atoms with E-state index in [1.807, 2.05) is 43.3 Å². The summed E-state index contributed by atoms with van der Waals surface area (Å²) in [6.07, 6.45) is 3.75. The van der Waals surface area contributed by atoms with Crippen LogP contribution < -0.4 is 16.6 Å². The summed E-state index contributed by atoms with van der Waals surface area (Å²) in [7, 11) is 0. The molecule has 0 heterocycles. The van der Waals surface area contributed by atoms with Crippen molar-refractivity contribution >= 4 is 18.3 Å². The summed E-state index contributed by atoms with van der Waals surface area (Å²) in [4.78, 5) is 0.